The van der Waals surface area contributed by atoms with Crippen LogP contribution in [0.4, 0.5) is 11.6 Å². The van der Waals surface area contributed by atoms with Crippen LogP contribution in [0.3, 0.4) is 0 Å². The number of benzene rings is 2. The molecule has 6 fully saturated rings. The Hall–Kier alpha value is -9.59. The van der Waals surface area contributed by atoms with E-state index in [9.17, 15) is 43.6 Å². The van der Waals surface area contributed by atoms with Crippen molar-refractivity contribution in [3.63, 3.8) is 0 Å². The van der Waals surface area contributed by atoms with Gasteiger partial charge in [0.1, 0.15) is 76.8 Å². The lowest BCUT2D eigenvalue weighted by molar-refractivity contribution is -0.196. The molecule has 8 aromatic rings. The van der Waals surface area contributed by atoms with Gasteiger partial charge in [0.2, 0.25) is 5.91 Å². The summed E-state index contributed by atoms with van der Waals surface area (Å²) >= 11 is 14.8. The second-order valence-electron chi connectivity index (χ2n) is 32.9. The van der Waals surface area contributed by atoms with E-state index in [0.29, 0.717) is 99.1 Å². The minimum Gasteiger partial charge on any atom is -0.493 e. The Labute approximate surface area is 692 Å². The largest absolute Gasteiger partial charge is 0.493 e. The number of rotatable bonds is 27. The number of unbranched alkanes of at least 4 members (excludes halogenated alkanes) is 4. The number of piperidine rings is 1. The van der Waals surface area contributed by atoms with Gasteiger partial charge in [-0.05, 0) is 135 Å². The molecule has 0 bridgehead atoms. The minimum atomic E-state index is -0.761. The first-order valence-electron chi connectivity index (χ1n) is 39.6. The molecule has 30 heteroatoms. The SMILES string of the molecule is CC1(C)C(CC(=O)c2ccc(N3CCN(CCCCCOc4ccn5c(=O)n(C6CCC(=O)CC6=O)nc5c4)CC3)nc2)C(C)(C)C1Oc1ccc(C#N)c(Cl)c1.CC1(C)C(CC(=O)c2ccc(N3CCNCC3)nc2)C(C)(C)C1Oc1ccc(C#N)c(Cl)c1.O=C1CCC(n2nc3cc(OCCCCCI)ccn3c2=O)C(=O)N1. The van der Waals surface area contributed by atoms with Gasteiger partial charge in [0.25, 0.3) is 5.91 Å². The third-order valence-electron chi connectivity index (χ3n) is 23.7. The second-order valence-corrected chi connectivity index (χ2v) is 34.8. The van der Waals surface area contributed by atoms with Gasteiger partial charge in [0.15, 0.2) is 28.6 Å². The summed E-state index contributed by atoms with van der Waals surface area (Å²) in [6.07, 6.45) is 14.4. The number of hydrogen-bond donors (Lipinski definition) is 2. The predicted octanol–water partition coefficient (Wildman–Crippen LogP) is 12.5. The highest BCUT2D eigenvalue weighted by molar-refractivity contribution is 14.1. The number of alkyl halides is 1. The van der Waals surface area contributed by atoms with E-state index in [1.807, 2.05) is 24.3 Å². The summed E-state index contributed by atoms with van der Waals surface area (Å²) in [5.74, 6) is 3.60. The van der Waals surface area contributed by atoms with Crippen molar-refractivity contribution >= 4 is 104 Å². The molecule has 3 aliphatic heterocycles. The molecule has 608 valence electrons. The molecule has 3 aliphatic carbocycles. The van der Waals surface area contributed by atoms with Gasteiger partial charge in [-0.3, -0.25) is 47.8 Å². The molecule has 3 saturated carbocycles. The highest BCUT2D eigenvalue weighted by Crippen LogP contribution is 2.63. The van der Waals surface area contributed by atoms with Gasteiger partial charge in [0.05, 0.1) is 40.8 Å². The van der Waals surface area contributed by atoms with Crippen molar-refractivity contribution in [1.82, 2.24) is 53.9 Å². The molecule has 2 atom stereocenters. The van der Waals surface area contributed by atoms with Crippen molar-refractivity contribution in [2.24, 2.45) is 33.5 Å². The highest BCUT2D eigenvalue weighted by Gasteiger charge is 2.65. The molecule has 115 heavy (non-hydrogen) atoms. The van der Waals surface area contributed by atoms with Gasteiger partial charge >= 0.3 is 11.4 Å². The molecule has 6 aromatic heterocycles. The monoisotopic (exact) mass is 1720 g/mol. The highest BCUT2D eigenvalue weighted by atomic mass is 127. The van der Waals surface area contributed by atoms with Crippen molar-refractivity contribution in [2.75, 3.05) is 86.3 Å². The quantitative estimate of drug-likeness (QED) is 0.0121. The Morgan fingerprint density at radius 3 is 1.47 bits per heavy atom. The maximum absolute atomic E-state index is 13.5. The van der Waals surface area contributed by atoms with E-state index in [2.05, 4.69) is 131 Å². The molecule has 27 nitrogen and oxygen atoms in total. The number of anilines is 2. The summed E-state index contributed by atoms with van der Waals surface area (Å²) in [5.41, 5.74) is 1.23. The number of imide groups is 1. The number of piperazine rings is 2. The molecule has 9 heterocycles. The number of pyridine rings is 4. The van der Waals surface area contributed by atoms with Gasteiger partial charge in [-0.25, -0.2) is 24.2 Å². The lowest BCUT2D eigenvalue weighted by atomic mass is 9.44. The number of nitrogens with zero attached hydrogens (tertiary/aromatic N) is 13. The van der Waals surface area contributed by atoms with Crippen LogP contribution in [0.1, 0.15) is 183 Å². The molecular formula is C85H100Cl2IN15O12. The Morgan fingerprint density at radius 2 is 1.03 bits per heavy atom. The molecule has 0 spiro atoms. The number of ketones is 4. The Morgan fingerprint density at radius 1 is 0.557 bits per heavy atom. The fraction of sp³-hybridized carbons (Fsp3) is 0.506. The van der Waals surface area contributed by atoms with Crippen molar-refractivity contribution < 1.29 is 47.7 Å². The molecule has 0 radical (unpaired) electrons. The molecule has 2 amide bonds. The number of Topliss-reactive ketones (excluding diaryl/α,β-unsaturated/α-hetero) is 4. The summed E-state index contributed by atoms with van der Waals surface area (Å²) in [6, 6.07) is 27.5. The summed E-state index contributed by atoms with van der Waals surface area (Å²) in [5, 5.41) is 33.2. The second kappa shape index (κ2) is 36.7. The zero-order chi connectivity index (χ0) is 82.1. The van der Waals surface area contributed by atoms with E-state index >= 15 is 0 Å². The van der Waals surface area contributed by atoms with Crippen LogP contribution in [0.15, 0.2) is 119 Å². The Balaban J connectivity index is 0.000000177. The van der Waals surface area contributed by atoms with E-state index in [-0.39, 0.29) is 100 Å². The number of hydrogen-bond acceptors (Lipinski definition) is 22. The molecule has 3 saturated heterocycles. The van der Waals surface area contributed by atoms with Crippen LogP contribution in [0.25, 0.3) is 11.3 Å². The summed E-state index contributed by atoms with van der Waals surface area (Å²) in [4.78, 5) is 115. The number of nitriles is 2. The van der Waals surface area contributed by atoms with Crippen molar-refractivity contribution in [1.29, 1.82) is 10.5 Å². The zero-order valence-corrected chi connectivity index (χ0v) is 70.1. The van der Waals surface area contributed by atoms with Gasteiger partial charge in [-0.2, -0.15) is 15.2 Å². The molecule has 6 aliphatic rings. The normalized spacial score (nSPS) is 21.4. The number of carbonyl (C=O) groups excluding carboxylic acids is 6. The first kappa shape index (κ1) is 84.8. The lowest BCUT2D eigenvalue weighted by Crippen LogP contribution is -2.66. The average Bonchev–Trinajstić information content (AvgIpc) is 1.63. The van der Waals surface area contributed by atoms with Gasteiger partial charge in [-0.15, -0.1) is 10.2 Å². The number of carbonyl (C=O) groups is 6. The zero-order valence-electron chi connectivity index (χ0n) is 66.4. The Bertz CT molecular complexity index is 5080. The first-order valence-corrected chi connectivity index (χ1v) is 41.8. The van der Waals surface area contributed by atoms with E-state index in [1.54, 1.807) is 85.5 Å². The molecular weight excluding hydrogens is 1620 g/mol. The van der Waals surface area contributed by atoms with Crippen LogP contribution in [-0.4, -0.2) is 167 Å². The maximum atomic E-state index is 13.5. The van der Waals surface area contributed by atoms with Crippen molar-refractivity contribution in [3.05, 3.63) is 163 Å². The van der Waals surface area contributed by atoms with Crippen molar-refractivity contribution in [3.8, 4) is 35.1 Å². The summed E-state index contributed by atoms with van der Waals surface area (Å²) < 4.78 is 30.6. The standard InChI is InChI=1S/C43H50ClN7O6.C26H31ClN4O2.C16H19IN4O4/c1-42(2)37(43(3,4)40(42)57-32-11-8-28(26-45)33(44)23-32)25-35(53)29-9-13-38(46-27-29)49-19-17-48(18-20-49)15-6-5-7-21-56-31-14-16-50-39(24-31)47-51(41(50)55)34-12-10-30(52)22-36(34)54;1-25(2)22(26(3,4)24(25)33-19-7-5-17(15-28)20(27)13-19)14-21(32)18-6-8-23(30-16-18)31-11-9-29-10-12-31;17-7-2-1-3-9-25-11-6-8-20-13(10-11)19-21(16(20)24)12-4-5-14(22)18-15(12)23/h8-9,11,13-14,16,23-24,27,34,37,40H,5-7,10,12,15,17-22,25H2,1-4H3;5-8,13,16,22,24,29H,9-12,14H2,1-4H3;6,8,10,12H,1-5,7,9H2,(H,18,22,23). The molecule has 2 N–H and O–H groups in total. The van der Waals surface area contributed by atoms with E-state index in [0.717, 1.165) is 112 Å². The third-order valence-corrected chi connectivity index (χ3v) is 25.1. The van der Waals surface area contributed by atoms with Gasteiger partial charge in [0, 0.05) is 160 Å². The van der Waals surface area contributed by atoms with Gasteiger partial charge < -0.3 is 34.1 Å². The van der Waals surface area contributed by atoms with Crippen molar-refractivity contribution in [2.45, 2.75) is 163 Å². The predicted molar refractivity (Wildman–Crippen MR) is 444 cm³/mol. The third kappa shape index (κ3) is 19.3. The average molecular weight is 1720 g/mol. The maximum Gasteiger partial charge on any atom is 0.351 e. The van der Waals surface area contributed by atoms with E-state index in [1.165, 1.54) is 19.9 Å². The lowest BCUT2D eigenvalue weighted by Gasteiger charge is -2.63. The van der Waals surface area contributed by atoms with Crippen LogP contribution < -0.4 is 50.8 Å². The van der Waals surface area contributed by atoms with Crippen LogP contribution in [0.2, 0.25) is 10.0 Å². The summed E-state index contributed by atoms with van der Waals surface area (Å²) in [6.45, 7) is 26.7. The van der Waals surface area contributed by atoms with Crippen LogP contribution in [0.5, 0.6) is 23.0 Å². The van der Waals surface area contributed by atoms with Crippen LogP contribution in [0, 0.1) is 56.2 Å². The molecule has 14 rings (SSSR count). The van der Waals surface area contributed by atoms with Crippen LogP contribution in [-0.2, 0) is 19.2 Å². The fourth-order valence-electron chi connectivity index (χ4n) is 17.7. The number of halogens is 3. The number of nitrogens with one attached hydrogen (secondary N) is 2. The smallest absolute Gasteiger partial charge is 0.351 e. The number of ether oxygens (including phenoxy) is 4. The number of fused-ring (bicyclic) bond motifs is 2. The first-order chi connectivity index (χ1) is 55.0. The molecule has 2 aromatic carbocycles. The van der Waals surface area contributed by atoms with Gasteiger partial charge in [-0.1, -0.05) is 101 Å². The van der Waals surface area contributed by atoms with E-state index in [4.69, 9.17) is 52.4 Å². The number of amides is 2. The topological polar surface area (TPSA) is 325 Å². The molecule has 2 unspecified atom stereocenters. The van der Waals surface area contributed by atoms with E-state index < -0.39 is 29.4 Å². The minimum absolute atomic E-state index is 0.0778. The number of aromatic nitrogens is 8. The summed E-state index contributed by atoms with van der Waals surface area (Å²) in [7, 11) is 0. The Kier molecular flexibility index (Phi) is 27.1. The van der Waals surface area contributed by atoms with Crippen LogP contribution >= 0.6 is 45.8 Å². The fourth-order valence-corrected chi connectivity index (χ4v) is 18.7.